The van der Waals surface area contributed by atoms with E-state index in [0.29, 0.717) is 17.4 Å². The molecule has 0 amide bonds. The van der Waals surface area contributed by atoms with Crippen LogP contribution in [0.15, 0.2) is 4.99 Å². The Kier molecular flexibility index (Phi) is 2.41. The molecule has 0 aliphatic heterocycles. The third kappa shape index (κ3) is 2.20. The highest BCUT2D eigenvalue weighted by atomic mass is 15.1. The molecule has 0 aromatic heterocycles. The number of guanidine groups is 1. The smallest absolute Gasteiger partial charge is 0.188 e. The summed E-state index contributed by atoms with van der Waals surface area (Å²) >= 11 is 0. The van der Waals surface area contributed by atoms with Crippen molar-refractivity contribution < 1.29 is 0 Å². The van der Waals surface area contributed by atoms with E-state index in [2.05, 4.69) is 24.2 Å². The monoisotopic (exact) mass is 195 g/mol. The highest BCUT2D eigenvalue weighted by Crippen LogP contribution is 2.51. The first-order valence-electron chi connectivity index (χ1n) is 5.69. The molecule has 0 saturated heterocycles. The summed E-state index contributed by atoms with van der Waals surface area (Å²) in [4.78, 5) is 4.44. The Morgan fingerprint density at radius 1 is 1.50 bits per heavy atom. The van der Waals surface area contributed by atoms with Crippen molar-refractivity contribution in [2.75, 3.05) is 6.54 Å². The fourth-order valence-corrected chi connectivity index (χ4v) is 1.80. The van der Waals surface area contributed by atoms with Gasteiger partial charge in [-0.3, -0.25) is 4.99 Å². The molecule has 2 aliphatic rings. The van der Waals surface area contributed by atoms with Crippen LogP contribution in [0.5, 0.6) is 0 Å². The summed E-state index contributed by atoms with van der Waals surface area (Å²) in [5.74, 6) is 1.39. The molecule has 3 heteroatoms. The molecule has 0 heterocycles. The first kappa shape index (κ1) is 9.81. The van der Waals surface area contributed by atoms with Crippen LogP contribution in [0, 0.1) is 11.3 Å². The molecule has 0 aromatic rings. The Hall–Kier alpha value is -0.730. The summed E-state index contributed by atoms with van der Waals surface area (Å²) in [6.07, 6.45) is 5.16. The van der Waals surface area contributed by atoms with Crippen LogP contribution >= 0.6 is 0 Å². The number of rotatable bonds is 4. The molecule has 0 aromatic carbocycles. The van der Waals surface area contributed by atoms with Gasteiger partial charge >= 0.3 is 0 Å². The maximum absolute atomic E-state index is 5.79. The average molecular weight is 195 g/mol. The summed E-state index contributed by atoms with van der Waals surface area (Å²) in [6, 6.07) is 0.618. The Morgan fingerprint density at radius 3 is 2.57 bits per heavy atom. The van der Waals surface area contributed by atoms with Gasteiger partial charge in [-0.25, -0.2) is 0 Å². The van der Waals surface area contributed by atoms with Gasteiger partial charge in [0, 0.05) is 12.6 Å². The number of nitrogens with one attached hydrogen (secondary N) is 1. The van der Waals surface area contributed by atoms with E-state index in [-0.39, 0.29) is 0 Å². The molecule has 3 nitrogen and oxygen atoms in total. The summed E-state index contributed by atoms with van der Waals surface area (Å²) in [5.41, 5.74) is 6.27. The van der Waals surface area contributed by atoms with Crippen molar-refractivity contribution in [2.24, 2.45) is 22.1 Å². The van der Waals surface area contributed by atoms with Crippen LogP contribution in [0.1, 0.15) is 39.5 Å². The molecule has 14 heavy (non-hydrogen) atoms. The summed E-state index contributed by atoms with van der Waals surface area (Å²) < 4.78 is 0. The number of nitrogens with zero attached hydrogens (tertiary/aromatic N) is 1. The van der Waals surface area contributed by atoms with E-state index < -0.39 is 0 Å². The maximum atomic E-state index is 5.79. The quantitative estimate of drug-likeness (QED) is 0.527. The van der Waals surface area contributed by atoms with E-state index in [1.54, 1.807) is 0 Å². The van der Waals surface area contributed by atoms with Gasteiger partial charge < -0.3 is 11.1 Å². The van der Waals surface area contributed by atoms with Crippen molar-refractivity contribution in [1.29, 1.82) is 0 Å². The lowest BCUT2D eigenvalue weighted by Gasteiger charge is -2.17. The first-order chi connectivity index (χ1) is 6.62. The molecule has 0 atom stereocenters. The minimum absolute atomic E-state index is 0.482. The predicted octanol–water partition coefficient (Wildman–Crippen LogP) is 1.49. The molecule has 2 saturated carbocycles. The van der Waals surface area contributed by atoms with Gasteiger partial charge in [-0.05, 0) is 37.0 Å². The molecule has 0 spiro atoms. The molecule has 0 unspecified atom stereocenters. The van der Waals surface area contributed by atoms with Gasteiger partial charge in [-0.15, -0.1) is 0 Å². The molecule has 2 aliphatic carbocycles. The lowest BCUT2D eigenvalue weighted by atomic mass is 9.93. The van der Waals surface area contributed by atoms with Crippen LogP contribution in [0.3, 0.4) is 0 Å². The second kappa shape index (κ2) is 3.44. The lowest BCUT2D eigenvalue weighted by molar-refractivity contribution is 0.370. The molecule has 2 rings (SSSR count). The Balaban J connectivity index is 1.79. The standard InChI is InChI=1S/C11H21N3/c1-8(2)11(5-6-11)7-13-10(12)14-9-3-4-9/h8-9H,3-7H2,1-2H3,(H3,12,13,14). The molecule has 2 fully saturated rings. The van der Waals surface area contributed by atoms with Gasteiger partial charge in [-0.2, -0.15) is 0 Å². The zero-order valence-corrected chi connectivity index (χ0v) is 9.21. The minimum Gasteiger partial charge on any atom is -0.370 e. The fraction of sp³-hybridized carbons (Fsp3) is 0.909. The van der Waals surface area contributed by atoms with E-state index in [0.717, 1.165) is 12.5 Å². The van der Waals surface area contributed by atoms with E-state index in [9.17, 15) is 0 Å². The van der Waals surface area contributed by atoms with Crippen LogP contribution in [-0.2, 0) is 0 Å². The van der Waals surface area contributed by atoms with Crippen molar-refractivity contribution in [3.05, 3.63) is 0 Å². The summed E-state index contributed by atoms with van der Waals surface area (Å²) in [5, 5.41) is 3.22. The van der Waals surface area contributed by atoms with Crippen molar-refractivity contribution in [3.63, 3.8) is 0 Å². The number of hydrogen-bond acceptors (Lipinski definition) is 1. The SMILES string of the molecule is CC(C)C1(CN=C(N)NC2CC2)CC1. The van der Waals surface area contributed by atoms with Crippen molar-refractivity contribution in [2.45, 2.75) is 45.6 Å². The van der Waals surface area contributed by atoms with Gasteiger partial charge in [-0.1, -0.05) is 13.8 Å². The zero-order chi connectivity index (χ0) is 10.2. The number of nitrogens with two attached hydrogens (primary N) is 1. The topological polar surface area (TPSA) is 50.4 Å². The largest absolute Gasteiger partial charge is 0.370 e. The van der Waals surface area contributed by atoms with Gasteiger partial charge in [0.15, 0.2) is 5.96 Å². The second-order valence-electron chi connectivity index (χ2n) is 5.14. The highest BCUT2D eigenvalue weighted by Gasteiger charge is 2.45. The lowest BCUT2D eigenvalue weighted by Crippen LogP contribution is -2.34. The maximum Gasteiger partial charge on any atom is 0.188 e. The van der Waals surface area contributed by atoms with E-state index in [1.165, 1.54) is 25.7 Å². The first-order valence-corrected chi connectivity index (χ1v) is 5.69. The van der Waals surface area contributed by atoms with Crippen LogP contribution in [0.2, 0.25) is 0 Å². The number of hydrogen-bond donors (Lipinski definition) is 2. The average Bonchev–Trinajstić information content (AvgIpc) is 2.97. The zero-order valence-electron chi connectivity index (χ0n) is 9.21. The van der Waals surface area contributed by atoms with Crippen molar-refractivity contribution in [1.82, 2.24) is 5.32 Å². The molecular formula is C11H21N3. The molecule has 3 N–H and O–H groups in total. The van der Waals surface area contributed by atoms with Crippen LogP contribution in [-0.4, -0.2) is 18.5 Å². The van der Waals surface area contributed by atoms with Crippen LogP contribution in [0.25, 0.3) is 0 Å². The predicted molar refractivity (Wildman–Crippen MR) is 59.2 cm³/mol. The summed E-state index contributed by atoms with van der Waals surface area (Å²) in [6.45, 7) is 5.48. The van der Waals surface area contributed by atoms with Crippen LogP contribution in [0.4, 0.5) is 0 Å². The van der Waals surface area contributed by atoms with Gasteiger partial charge in [0.1, 0.15) is 0 Å². The Bertz CT molecular complexity index is 237. The second-order valence-corrected chi connectivity index (χ2v) is 5.14. The molecule has 0 bridgehead atoms. The van der Waals surface area contributed by atoms with Crippen LogP contribution < -0.4 is 11.1 Å². The molecule has 0 radical (unpaired) electrons. The normalized spacial score (nSPS) is 25.2. The van der Waals surface area contributed by atoms with Crippen molar-refractivity contribution >= 4 is 5.96 Å². The van der Waals surface area contributed by atoms with Crippen molar-refractivity contribution in [3.8, 4) is 0 Å². The van der Waals surface area contributed by atoms with E-state index in [4.69, 9.17) is 5.73 Å². The molecular weight excluding hydrogens is 174 g/mol. The van der Waals surface area contributed by atoms with Gasteiger partial charge in [0.25, 0.3) is 0 Å². The third-order valence-electron chi connectivity index (χ3n) is 3.61. The van der Waals surface area contributed by atoms with E-state index >= 15 is 0 Å². The Morgan fingerprint density at radius 2 is 2.14 bits per heavy atom. The molecule has 80 valence electrons. The van der Waals surface area contributed by atoms with E-state index in [1.807, 2.05) is 0 Å². The number of aliphatic imine (C=N–C) groups is 1. The fourth-order valence-electron chi connectivity index (χ4n) is 1.80. The summed E-state index contributed by atoms with van der Waals surface area (Å²) in [7, 11) is 0. The highest BCUT2D eigenvalue weighted by molar-refractivity contribution is 5.78. The Labute approximate surface area is 86.2 Å². The minimum atomic E-state index is 0.482. The van der Waals surface area contributed by atoms with Gasteiger partial charge in [0.05, 0.1) is 0 Å². The third-order valence-corrected chi connectivity index (χ3v) is 3.61. The van der Waals surface area contributed by atoms with Gasteiger partial charge in [0.2, 0.25) is 0 Å².